The predicted octanol–water partition coefficient (Wildman–Crippen LogP) is 3.62. The number of nitrogens with zero attached hydrogens (tertiary/aromatic N) is 3. The second-order valence-corrected chi connectivity index (χ2v) is 7.24. The van der Waals surface area contributed by atoms with Crippen LogP contribution in [0, 0.1) is 5.92 Å². The fourth-order valence-electron chi connectivity index (χ4n) is 3.58. The molecule has 0 bridgehead atoms. The number of carbonyl (C=O) groups excluding carboxylic acids is 2. The minimum Gasteiger partial charge on any atom is -0.312 e. The minimum atomic E-state index is -0.161. The third kappa shape index (κ3) is 3.36. The van der Waals surface area contributed by atoms with Crippen LogP contribution in [0.25, 0.3) is 0 Å². The minimum absolute atomic E-state index is 0.159. The molecule has 0 spiro atoms. The van der Waals surface area contributed by atoms with E-state index >= 15 is 0 Å². The van der Waals surface area contributed by atoms with Crippen molar-refractivity contribution in [1.82, 2.24) is 9.78 Å². The van der Waals surface area contributed by atoms with Crippen molar-refractivity contribution in [2.75, 3.05) is 16.8 Å². The van der Waals surface area contributed by atoms with Crippen LogP contribution in [-0.2, 0) is 4.79 Å². The number of carbonyl (C=O) groups is 2. The highest BCUT2D eigenvalue weighted by Gasteiger charge is 2.30. The molecule has 1 aliphatic carbocycles. The number of nitrogens with one attached hydrogen (secondary N) is 1. The highest BCUT2D eigenvalue weighted by atomic mass is 16.2. The van der Waals surface area contributed by atoms with Crippen LogP contribution in [0.5, 0.6) is 0 Å². The Kier molecular flexibility index (Phi) is 4.49. The number of hydrogen-bond acceptors (Lipinski definition) is 3. The Morgan fingerprint density at radius 2 is 1.96 bits per heavy atom. The zero-order chi connectivity index (χ0) is 18.1. The molecule has 26 heavy (non-hydrogen) atoms. The Labute approximate surface area is 153 Å². The number of anilines is 2. The summed E-state index contributed by atoms with van der Waals surface area (Å²) < 4.78 is 1.90. The smallest absolute Gasteiger partial charge is 0.256 e. The van der Waals surface area contributed by atoms with Crippen molar-refractivity contribution in [3.05, 3.63) is 42.1 Å². The lowest BCUT2D eigenvalue weighted by Crippen LogP contribution is -2.35. The van der Waals surface area contributed by atoms with Gasteiger partial charge in [-0.2, -0.15) is 5.10 Å². The third-order valence-corrected chi connectivity index (χ3v) is 5.37. The summed E-state index contributed by atoms with van der Waals surface area (Å²) in [6.07, 6.45) is 6.76. The van der Waals surface area contributed by atoms with E-state index in [1.165, 1.54) is 12.8 Å². The summed E-state index contributed by atoms with van der Waals surface area (Å²) >= 11 is 0. The van der Waals surface area contributed by atoms with E-state index in [1.54, 1.807) is 23.2 Å². The molecule has 0 radical (unpaired) electrons. The van der Waals surface area contributed by atoms with E-state index in [0.29, 0.717) is 23.9 Å². The van der Waals surface area contributed by atoms with Gasteiger partial charge in [0.1, 0.15) is 5.82 Å². The monoisotopic (exact) mass is 352 g/mol. The maximum absolute atomic E-state index is 12.6. The maximum Gasteiger partial charge on any atom is 0.256 e. The molecule has 1 N–H and O–H groups in total. The van der Waals surface area contributed by atoms with Crippen LogP contribution in [0.4, 0.5) is 11.5 Å². The molecule has 2 aliphatic rings. The average molecular weight is 352 g/mol. The van der Waals surface area contributed by atoms with Crippen molar-refractivity contribution in [2.45, 2.75) is 45.1 Å². The van der Waals surface area contributed by atoms with Gasteiger partial charge in [-0.05, 0) is 62.8 Å². The first-order valence-corrected chi connectivity index (χ1v) is 9.39. The summed E-state index contributed by atoms with van der Waals surface area (Å²) in [5.41, 5.74) is 1.43. The van der Waals surface area contributed by atoms with Gasteiger partial charge in [0.05, 0.1) is 12.2 Å². The van der Waals surface area contributed by atoms with Gasteiger partial charge in [0.2, 0.25) is 5.91 Å². The molecule has 2 heterocycles. The molecule has 2 aromatic rings. The fraction of sp³-hybridized carbons (Fsp3) is 0.450. The second-order valence-electron chi connectivity index (χ2n) is 7.24. The molecule has 1 aliphatic heterocycles. The Morgan fingerprint density at radius 3 is 2.65 bits per heavy atom. The summed E-state index contributed by atoms with van der Waals surface area (Å²) in [5, 5.41) is 7.32. The normalized spacial score (nSPS) is 18.7. The molecule has 4 rings (SSSR count). The van der Waals surface area contributed by atoms with Gasteiger partial charge in [-0.3, -0.25) is 9.59 Å². The van der Waals surface area contributed by atoms with Crippen LogP contribution in [-0.4, -0.2) is 28.1 Å². The molecule has 1 atom stereocenters. The van der Waals surface area contributed by atoms with Crippen molar-refractivity contribution >= 4 is 23.3 Å². The zero-order valence-electron chi connectivity index (χ0n) is 15.0. The van der Waals surface area contributed by atoms with Crippen LogP contribution in [0.3, 0.4) is 0 Å². The molecule has 6 heteroatoms. The molecule has 1 unspecified atom stereocenters. The molecule has 2 amide bonds. The zero-order valence-corrected chi connectivity index (χ0v) is 15.0. The summed E-state index contributed by atoms with van der Waals surface area (Å²) in [7, 11) is 0. The Hall–Kier alpha value is -2.63. The van der Waals surface area contributed by atoms with Gasteiger partial charge in [0.25, 0.3) is 5.91 Å². The molecule has 136 valence electrons. The standard InChI is InChI=1S/C20H24N4O2/c1-14(15-5-6-15)24-18(11-12-21-24)22-20(26)16-7-9-17(10-8-16)23-13-3-2-4-19(23)25/h7-12,14-15H,2-6,13H2,1H3,(H,22,26). The lowest BCUT2D eigenvalue weighted by Gasteiger charge is -2.26. The first kappa shape index (κ1) is 16.8. The van der Waals surface area contributed by atoms with Gasteiger partial charge in [-0.1, -0.05) is 0 Å². The first-order valence-electron chi connectivity index (χ1n) is 9.39. The Balaban J connectivity index is 1.45. The topological polar surface area (TPSA) is 67.2 Å². The molecule has 6 nitrogen and oxygen atoms in total. The predicted molar refractivity (Wildman–Crippen MR) is 100 cm³/mol. The van der Waals surface area contributed by atoms with Crippen LogP contribution in [0.15, 0.2) is 36.5 Å². The number of aromatic nitrogens is 2. The Morgan fingerprint density at radius 1 is 1.19 bits per heavy atom. The molecule has 1 saturated heterocycles. The molecule has 1 saturated carbocycles. The van der Waals surface area contributed by atoms with Crippen molar-refractivity contribution in [3.63, 3.8) is 0 Å². The van der Waals surface area contributed by atoms with Crippen LogP contribution in [0.1, 0.15) is 55.4 Å². The van der Waals surface area contributed by atoms with E-state index < -0.39 is 0 Å². The summed E-state index contributed by atoms with van der Waals surface area (Å²) in [5.74, 6) is 1.38. The van der Waals surface area contributed by atoms with E-state index in [4.69, 9.17) is 0 Å². The number of hydrogen-bond donors (Lipinski definition) is 1. The largest absolute Gasteiger partial charge is 0.312 e. The number of rotatable bonds is 5. The highest BCUT2D eigenvalue weighted by Crippen LogP contribution is 2.40. The van der Waals surface area contributed by atoms with E-state index in [-0.39, 0.29) is 11.8 Å². The van der Waals surface area contributed by atoms with E-state index in [1.807, 2.05) is 22.9 Å². The van der Waals surface area contributed by atoms with Gasteiger partial charge in [0, 0.05) is 30.3 Å². The second kappa shape index (κ2) is 6.94. The van der Waals surface area contributed by atoms with Crippen molar-refractivity contribution in [3.8, 4) is 0 Å². The SMILES string of the molecule is CC(C1CC1)n1nccc1NC(=O)c1ccc(N2CCCCC2=O)cc1. The van der Waals surface area contributed by atoms with Gasteiger partial charge >= 0.3 is 0 Å². The Bertz CT molecular complexity index is 807. The van der Waals surface area contributed by atoms with Crippen LogP contribution < -0.4 is 10.2 Å². The fourth-order valence-corrected chi connectivity index (χ4v) is 3.58. The molecule has 1 aromatic heterocycles. The molecule has 2 fully saturated rings. The molecule has 1 aromatic carbocycles. The number of benzene rings is 1. The lowest BCUT2D eigenvalue weighted by molar-refractivity contribution is -0.119. The van der Waals surface area contributed by atoms with Crippen molar-refractivity contribution in [1.29, 1.82) is 0 Å². The highest BCUT2D eigenvalue weighted by molar-refractivity contribution is 6.04. The van der Waals surface area contributed by atoms with Crippen LogP contribution in [0.2, 0.25) is 0 Å². The molecular weight excluding hydrogens is 328 g/mol. The van der Waals surface area contributed by atoms with Crippen molar-refractivity contribution in [2.24, 2.45) is 5.92 Å². The number of amides is 2. The number of piperidine rings is 1. The summed E-state index contributed by atoms with van der Waals surface area (Å²) in [6, 6.07) is 9.38. The van der Waals surface area contributed by atoms with E-state index in [9.17, 15) is 9.59 Å². The van der Waals surface area contributed by atoms with Gasteiger partial charge in [-0.25, -0.2) is 4.68 Å². The summed E-state index contributed by atoms with van der Waals surface area (Å²) in [6.45, 7) is 2.90. The quantitative estimate of drug-likeness (QED) is 0.893. The average Bonchev–Trinajstić information content (AvgIpc) is 3.41. The first-order chi connectivity index (χ1) is 12.6. The summed E-state index contributed by atoms with van der Waals surface area (Å²) in [4.78, 5) is 26.4. The lowest BCUT2D eigenvalue weighted by atomic mass is 10.1. The van der Waals surface area contributed by atoms with Crippen molar-refractivity contribution < 1.29 is 9.59 Å². The van der Waals surface area contributed by atoms with Gasteiger partial charge in [-0.15, -0.1) is 0 Å². The van der Waals surface area contributed by atoms with E-state index in [2.05, 4.69) is 17.3 Å². The van der Waals surface area contributed by atoms with Gasteiger partial charge in [0.15, 0.2) is 0 Å². The van der Waals surface area contributed by atoms with E-state index in [0.717, 1.165) is 30.9 Å². The third-order valence-electron chi connectivity index (χ3n) is 5.37. The van der Waals surface area contributed by atoms with Gasteiger partial charge < -0.3 is 10.2 Å². The maximum atomic E-state index is 12.6. The van der Waals surface area contributed by atoms with Crippen LogP contribution >= 0.6 is 0 Å². The molecular formula is C20H24N4O2.